The summed E-state index contributed by atoms with van der Waals surface area (Å²) in [6.45, 7) is 4.69. The molecule has 3 unspecified atom stereocenters. The molecule has 0 aromatic carbocycles. The minimum absolute atomic E-state index is 0.0196. The highest BCUT2D eigenvalue weighted by atomic mass is 16.4. The van der Waals surface area contributed by atoms with E-state index in [0.29, 0.717) is 31.2 Å². The summed E-state index contributed by atoms with van der Waals surface area (Å²) < 4.78 is 0. The van der Waals surface area contributed by atoms with Gasteiger partial charge in [-0.3, -0.25) is 4.79 Å². The van der Waals surface area contributed by atoms with E-state index in [-0.39, 0.29) is 5.91 Å². The molecule has 2 saturated heterocycles. The topological polar surface area (TPSA) is 69.6 Å². The number of piperidine rings is 1. The molecule has 2 aliphatic rings. The number of rotatable bonds is 4. The summed E-state index contributed by atoms with van der Waals surface area (Å²) in [6, 6.07) is -0.613. The maximum atomic E-state index is 12.2. The third-order valence-corrected chi connectivity index (χ3v) is 4.40. The van der Waals surface area contributed by atoms with Crippen LogP contribution in [0, 0.1) is 11.8 Å². The smallest absolute Gasteiger partial charge is 0.326 e. The molecule has 0 radical (unpaired) electrons. The number of hydrogen-bond donors (Lipinski definition) is 2. The highest BCUT2D eigenvalue weighted by molar-refractivity contribution is 5.83. The van der Waals surface area contributed by atoms with Gasteiger partial charge in [0.05, 0.1) is 0 Å². The van der Waals surface area contributed by atoms with Crippen LogP contribution in [-0.4, -0.2) is 47.6 Å². The number of carboxylic acids is 1. The van der Waals surface area contributed by atoms with Gasteiger partial charge in [-0.25, -0.2) is 4.79 Å². The van der Waals surface area contributed by atoms with E-state index in [1.165, 1.54) is 0 Å². The van der Waals surface area contributed by atoms with Crippen LogP contribution in [0.3, 0.4) is 0 Å². The Bertz CT molecular complexity index is 340. The van der Waals surface area contributed by atoms with Crippen LogP contribution in [0.15, 0.2) is 0 Å². The van der Waals surface area contributed by atoms with Gasteiger partial charge in [-0.1, -0.05) is 6.92 Å². The van der Waals surface area contributed by atoms with E-state index in [0.717, 1.165) is 32.4 Å². The summed E-state index contributed by atoms with van der Waals surface area (Å²) in [5.41, 5.74) is 0. The molecule has 0 spiro atoms. The van der Waals surface area contributed by atoms with Gasteiger partial charge in [-0.05, 0) is 50.6 Å². The summed E-state index contributed by atoms with van der Waals surface area (Å²) in [5, 5.41) is 12.5. The van der Waals surface area contributed by atoms with E-state index >= 15 is 0 Å². The van der Waals surface area contributed by atoms with E-state index in [2.05, 4.69) is 12.2 Å². The van der Waals surface area contributed by atoms with Crippen molar-refractivity contribution >= 4 is 11.9 Å². The molecule has 2 fully saturated rings. The van der Waals surface area contributed by atoms with Crippen molar-refractivity contribution in [2.24, 2.45) is 11.8 Å². The third kappa shape index (κ3) is 3.69. The fourth-order valence-corrected chi connectivity index (χ4v) is 3.11. The number of aliphatic carboxylic acids is 1. The van der Waals surface area contributed by atoms with Crippen molar-refractivity contribution in [3.05, 3.63) is 0 Å². The summed E-state index contributed by atoms with van der Waals surface area (Å²) in [7, 11) is 0. The van der Waals surface area contributed by atoms with E-state index in [1.807, 2.05) is 0 Å². The first-order chi connectivity index (χ1) is 9.08. The van der Waals surface area contributed by atoms with Crippen molar-refractivity contribution < 1.29 is 14.7 Å². The normalized spacial score (nSPS) is 31.4. The molecular weight excluding hydrogens is 244 g/mol. The van der Waals surface area contributed by atoms with Gasteiger partial charge in [0.2, 0.25) is 5.91 Å². The molecule has 3 atom stereocenters. The van der Waals surface area contributed by atoms with Crippen LogP contribution in [0.2, 0.25) is 0 Å². The predicted octanol–water partition coefficient (Wildman–Crippen LogP) is 1.09. The number of carbonyl (C=O) groups is 2. The van der Waals surface area contributed by atoms with Crippen LogP contribution in [0.5, 0.6) is 0 Å². The predicted molar refractivity (Wildman–Crippen MR) is 71.7 cm³/mol. The van der Waals surface area contributed by atoms with Gasteiger partial charge in [0.15, 0.2) is 0 Å². The first-order valence-corrected chi connectivity index (χ1v) is 7.31. The van der Waals surface area contributed by atoms with Crippen molar-refractivity contribution in [3.63, 3.8) is 0 Å². The Labute approximate surface area is 114 Å². The lowest BCUT2D eigenvalue weighted by Gasteiger charge is -2.36. The van der Waals surface area contributed by atoms with Gasteiger partial charge < -0.3 is 15.3 Å². The summed E-state index contributed by atoms with van der Waals surface area (Å²) in [6.07, 6.45) is 4.01. The van der Waals surface area contributed by atoms with Crippen molar-refractivity contribution in [3.8, 4) is 0 Å². The van der Waals surface area contributed by atoms with Crippen LogP contribution in [0.25, 0.3) is 0 Å². The number of carbonyl (C=O) groups excluding carboxylic acids is 1. The van der Waals surface area contributed by atoms with Crippen molar-refractivity contribution in [2.45, 2.75) is 45.1 Å². The van der Waals surface area contributed by atoms with E-state index < -0.39 is 12.0 Å². The van der Waals surface area contributed by atoms with Gasteiger partial charge in [0.25, 0.3) is 0 Å². The average Bonchev–Trinajstić information content (AvgIpc) is 2.88. The molecule has 2 heterocycles. The van der Waals surface area contributed by atoms with Crippen LogP contribution in [-0.2, 0) is 9.59 Å². The Kier molecular flexibility index (Phi) is 4.80. The lowest BCUT2D eigenvalue weighted by molar-refractivity contribution is -0.153. The van der Waals surface area contributed by atoms with Crippen LogP contribution >= 0.6 is 0 Å². The van der Waals surface area contributed by atoms with Crippen LogP contribution < -0.4 is 5.32 Å². The molecule has 2 rings (SSSR count). The van der Waals surface area contributed by atoms with Gasteiger partial charge >= 0.3 is 5.97 Å². The maximum absolute atomic E-state index is 12.2. The fraction of sp³-hybridized carbons (Fsp3) is 0.857. The molecule has 1 amide bonds. The van der Waals surface area contributed by atoms with Crippen LogP contribution in [0.4, 0.5) is 0 Å². The van der Waals surface area contributed by atoms with Crippen LogP contribution in [0.1, 0.15) is 39.0 Å². The van der Waals surface area contributed by atoms with Gasteiger partial charge in [-0.15, -0.1) is 0 Å². The summed E-state index contributed by atoms with van der Waals surface area (Å²) in [4.78, 5) is 25.1. The molecule has 0 bridgehead atoms. The second-order valence-corrected chi connectivity index (χ2v) is 5.97. The van der Waals surface area contributed by atoms with Crippen molar-refractivity contribution in [1.82, 2.24) is 10.2 Å². The Balaban J connectivity index is 1.86. The Hall–Kier alpha value is -1.10. The second kappa shape index (κ2) is 6.37. The Morgan fingerprint density at radius 2 is 2.16 bits per heavy atom. The number of amides is 1. The largest absolute Gasteiger partial charge is 0.480 e. The lowest BCUT2D eigenvalue weighted by atomic mass is 9.91. The molecule has 0 aromatic rings. The molecule has 5 nitrogen and oxygen atoms in total. The molecule has 0 aromatic heterocycles. The lowest BCUT2D eigenvalue weighted by Crippen LogP contribution is -2.49. The molecule has 2 N–H and O–H groups in total. The molecule has 108 valence electrons. The first-order valence-electron chi connectivity index (χ1n) is 7.31. The number of likely N-dealkylation sites (tertiary alicyclic amines) is 1. The van der Waals surface area contributed by atoms with E-state index in [1.54, 1.807) is 4.90 Å². The van der Waals surface area contributed by atoms with Crippen molar-refractivity contribution in [1.29, 1.82) is 0 Å². The standard InChI is InChI=1S/C14H24N2O3/c1-10-5-7-16(12(8-10)14(18)19)13(17)3-2-11-4-6-15-9-11/h10-12,15H,2-9H2,1H3,(H,18,19). The zero-order chi connectivity index (χ0) is 13.8. The molecular formula is C14H24N2O3. The number of hydrogen-bond acceptors (Lipinski definition) is 3. The minimum Gasteiger partial charge on any atom is -0.480 e. The quantitative estimate of drug-likeness (QED) is 0.800. The first kappa shape index (κ1) is 14.3. The van der Waals surface area contributed by atoms with Crippen molar-refractivity contribution in [2.75, 3.05) is 19.6 Å². The number of carboxylic acid groups (broad SMARTS) is 1. The highest BCUT2D eigenvalue weighted by Crippen LogP contribution is 2.24. The highest BCUT2D eigenvalue weighted by Gasteiger charge is 2.34. The third-order valence-electron chi connectivity index (χ3n) is 4.40. The van der Waals surface area contributed by atoms with Gasteiger partial charge in [0.1, 0.15) is 6.04 Å². The SMILES string of the molecule is CC1CCN(C(=O)CCC2CCNC2)C(C(=O)O)C1. The fourth-order valence-electron chi connectivity index (χ4n) is 3.11. The minimum atomic E-state index is -0.859. The number of nitrogens with one attached hydrogen (secondary N) is 1. The maximum Gasteiger partial charge on any atom is 0.326 e. The summed E-state index contributed by atoms with van der Waals surface area (Å²) in [5.74, 6) is 0.133. The molecule has 2 aliphatic heterocycles. The zero-order valence-electron chi connectivity index (χ0n) is 11.6. The summed E-state index contributed by atoms with van der Waals surface area (Å²) >= 11 is 0. The van der Waals surface area contributed by atoms with Gasteiger partial charge in [0, 0.05) is 13.0 Å². The second-order valence-electron chi connectivity index (χ2n) is 5.97. The Morgan fingerprint density at radius 1 is 1.37 bits per heavy atom. The molecule has 0 aliphatic carbocycles. The zero-order valence-corrected chi connectivity index (χ0v) is 11.6. The monoisotopic (exact) mass is 268 g/mol. The molecule has 5 heteroatoms. The number of nitrogens with zero attached hydrogens (tertiary/aromatic N) is 1. The molecule has 0 saturated carbocycles. The molecule has 19 heavy (non-hydrogen) atoms. The Morgan fingerprint density at radius 3 is 2.79 bits per heavy atom. The average molecular weight is 268 g/mol. The van der Waals surface area contributed by atoms with E-state index in [4.69, 9.17) is 0 Å². The van der Waals surface area contributed by atoms with E-state index in [9.17, 15) is 14.7 Å². The van der Waals surface area contributed by atoms with Gasteiger partial charge in [-0.2, -0.15) is 0 Å².